The highest BCUT2D eigenvalue weighted by atomic mass is 16.6. The summed E-state index contributed by atoms with van der Waals surface area (Å²) in [6.45, 7) is 7.41. The summed E-state index contributed by atoms with van der Waals surface area (Å²) in [4.78, 5) is 27.4. The molecule has 0 radical (unpaired) electrons. The lowest BCUT2D eigenvalue weighted by Gasteiger charge is -2.29. The van der Waals surface area contributed by atoms with Gasteiger partial charge in [0.25, 0.3) is 5.91 Å². The third-order valence-electron chi connectivity index (χ3n) is 2.93. The lowest BCUT2D eigenvalue weighted by molar-refractivity contribution is 0.0216. The van der Waals surface area contributed by atoms with Gasteiger partial charge < -0.3 is 15.4 Å². The maximum Gasteiger partial charge on any atom is 0.410 e. The van der Waals surface area contributed by atoms with Crippen LogP contribution >= 0.6 is 0 Å². The molecule has 0 atom stereocenters. The summed E-state index contributed by atoms with van der Waals surface area (Å²) in [5, 5.41) is 0. The fourth-order valence-electron chi connectivity index (χ4n) is 1.91. The van der Waals surface area contributed by atoms with Crippen LogP contribution in [-0.4, -0.2) is 40.6 Å². The summed E-state index contributed by atoms with van der Waals surface area (Å²) < 4.78 is 5.26. The fraction of sp³-hybridized carbons (Fsp3) is 0.562. The maximum atomic E-state index is 11.5. The molecule has 0 unspecified atom stereocenters. The van der Waals surface area contributed by atoms with Crippen LogP contribution in [-0.2, 0) is 4.74 Å². The Morgan fingerprint density at radius 1 is 1.18 bits per heavy atom. The van der Waals surface area contributed by atoms with E-state index in [-0.39, 0.29) is 11.7 Å². The third-order valence-corrected chi connectivity index (χ3v) is 2.93. The number of pyridine rings is 1. The first-order valence-corrected chi connectivity index (χ1v) is 7.48. The summed E-state index contributed by atoms with van der Waals surface area (Å²) in [6, 6.07) is 5.02. The van der Waals surface area contributed by atoms with Crippen LogP contribution in [0.25, 0.3) is 0 Å². The van der Waals surface area contributed by atoms with Gasteiger partial charge in [-0.3, -0.25) is 9.78 Å². The molecule has 1 saturated heterocycles. The van der Waals surface area contributed by atoms with E-state index in [1.165, 1.54) is 12.6 Å². The fourth-order valence-corrected chi connectivity index (χ4v) is 1.91. The number of rotatable bonds is 1. The minimum Gasteiger partial charge on any atom is -0.444 e. The van der Waals surface area contributed by atoms with E-state index in [9.17, 15) is 9.59 Å². The van der Waals surface area contributed by atoms with Crippen LogP contribution in [0.2, 0.25) is 0 Å². The number of ether oxygens (including phenoxy) is 1. The molecule has 1 aromatic rings. The molecule has 2 N–H and O–H groups in total. The summed E-state index contributed by atoms with van der Waals surface area (Å²) in [5.41, 5.74) is 4.85. The van der Waals surface area contributed by atoms with Crippen LogP contribution in [0.4, 0.5) is 4.79 Å². The molecule has 2 amide bonds. The predicted octanol–water partition coefficient (Wildman–Crippen LogP) is 2.59. The van der Waals surface area contributed by atoms with E-state index in [1.807, 2.05) is 20.8 Å². The Bertz CT molecular complexity index is 477. The molecule has 6 heteroatoms. The first-order valence-electron chi connectivity index (χ1n) is 7.48. The minimum atomic E-state index is -0.490. The molecule has 2 heterocycles. The van der Waals surface area contributed by atoms with Gasteiger partial charge in [0.2, 0.25) is 0 Å². The average molecular weight is 307 g/mol. The zero-order valence-corrected chi connectivity index (χ0v) is 13.5. The Morgan fingerprint density at radius 2 is 1.82 bits per heavy atom. The molecular formula is C16H25N3O3. The zero-order valence-electron chi connectivity index (χ0n) is 13.5. The molecule has 1 fully saturated rings. The van der Waals surface area contributed by atoms with E-state index in [1.54, 1.807) is 23.1 Å². The number of aromatic nitrogens is 1. The number of hydrogen-bond acceptors (Lipinski definition) is 4. The quantitative estimate of drug-likeness (QED) is 0.864. The molecule has 1 aliphatic rings. The van der Waals surface area contributed by atoms with Crippen molar-refractivity contribution in [3.63, 3.8) is 0 Å². The zero-order chi connectivity index (χ0) is 16.6. The highest BCUT2D eigenvalue weighted by molar-refractivity contribution is 5.90. The van der Waals surface area contributed by atoms with Crippen molar-refractivity contribution in [2.24, 2.45) is 5.73 Å². The van der Waals surface area contributed by atoms with Crippen LogP contribution in [0.5, 0.6) is 0 Å². The van der Waals surface area contributed by atoms with Gasteiger partial charge >= 0.3 is 6.09 Å². The number of nitrogens with two attached hydrogens (primary N) is 1. The lowest BCUT2D eigenvalue weighted by atomic mass is 10.1. The first-order chi connectivity index (χ1) is 10.3. The Kier molecular flexibility index (Phi) is 6.82. The van der Waals surface area contributed by atoms with E-state index >= 15 is 0 Å². The molecule has 1 aromatic heterocycles. The molecule has 1 aliphatic heterocycles. The number of carbonyl (C=O) groups excluding carboxylic acids is 2. The molecule has 122 valence electrons. The molecule has 0 spiro atoms. The average Bonchev–Trinajstić information content (AvgIpc) is 2.48. The van der Waals surface area contributed by atoms with E-state index in [2.05, 4.69) is 4.98 Å². The standard InChI is InChI=1S/C10H19NO2.C6H6N2O/c1-10(2,3)13-9(12)11-7-5-4-6-8-11;7-6(9)5-3-1-2-4-8-5/h4-8H2,1-3H3;1-4H,(H2,7,9). The van der Waals surface area contributed by atoms with E-state index in [0.717, 1.165) is 25.9 Å². The lowest BCUT2D eigenvalue weighted by Crippen LogP contribution is -2.39. The summed E-state index contributed by atoms with van der Waals surface area (Å²) >= 11 is 0. The van der Waals surface area contributed by atoms with Crippen molar-refractivity contribution in [1.29, 1.82) is 0 Å². The van der Waals surface area contributed by atoms with Crippen molar-refractivity contribution < 1.29 is 14.3 Å². The predicted molar refractivity (Wildman–Crippen MR) is 84.4 cm³/mol. The summed E-state index contributed by atoms with van der Waals surface area (Å²) in [7, 11) is 0. The molecular weight excluding hydrogens is 282 g/mol. The van der Waals surface area contributed by atoms with Gasteiger partial charge in [-0.15, -0.1) is 0 Å². The van der Waals surface area contributed by atoms with Gasteiger partial charge in [0.05, 0.1) is 0 Å². The SMILES string of the molecule is CC(C)(C)OC(=O)N1CCCCC1.NC(=O)c1ccccn1. The van der Waals surface area contributed by atoms with Crippen molar-refractivity contribution in [1.82, 2.24) is 9.88 Å². The second-order valence-corrected chi connectivity index (χ2v) is 6.11. The molecule has 6 nitrogen and oxygen atoms in total. The van der Waals surface area contributed by atoms with Crippen LogP contribution in [0, 0.1) is 0 Å². The Hall–Kier alpha value is -2.11. The Morgan fingerprint density at radius 3 is 2.23 bits per heavy atom. The number of primary amides is 1. The molecule has 0 aliphatic carbocycles. The van der Waals surface area contributed by atoms with Crippen LogP contribution in [0.1, 0.15) is 50.5 Å². The molecule has 0 bridgehead atoms. The number of likely N-dealkylation sites (tertiary alicyclic amines) is 1. The highest BCUT2D eigenvalue weighted by Gasteiger charge is 2.22. The van der Waals surface area contributed by atoms with Crippen LogP contribution in [0.3, 0.4) is 0 Å². The Balaban J connectivity index is 0.000000235. The van der Waals surface area contributed by atoms with Crippen LogP contribution < -0.4 is 5.73 Å². The third kappa shape index (κ3) is 7.06. The second-order valence-electron chi connectivity index (χ2n) is 6.11. The van der Waals surface area contributed by atoms with Gasteiger partial charge in [0.1, 0.15) is 11.3 Å². The van der Waals surface area contributed by atoms with Gasteiger partial charge in [-0.2, -0.15) is 0 Å². The van der Waals surface area contributed by atoms with Crippen molar-refractivity contribution in [3.05, 3.63) is 30.1 Å². The van der Waals surface area contributed by atoms with Crippen LogP contribution in [0.15, 0.2) is 24.4 Å². The number of piperidine rings is 1. The smallest absolute Gasteiger partial charge is 0.410 e. The minimum absolute atomic E-state index is 0.160. The van der Waals surface area contributed by atoms with Crippen molar-refractivity contribution in [3.8, 4) is 0 Å². The van der Waals surface area contributed by atoms with Gasteiger partial charge in [-0.05, 0) is 52.2 Å². The van der Waals surface area contributed by atoms with E-state index in [4.69, 9.17) is 10.5 Å². The molecule has 22 heavy (non-hydrogen) atoms. The van der Waals surface area contributed by atoms with Crippen molar-refractivity contribution in [2.45, 2.75) is 45.6 Å². The highest BCUT2D eigenvalue weighted by Crippen LogP contribution is 2.14. The van der Waals surface area contributed by atoms with Crippen molar-refractivity contribution in [2.75, 3.05) is 13.1 Å². The maximum absolute atomic E-state index is 11.5. The first kappa shape index (κ1) is 17.9. The molecule has 0 aromatic carbocycles. The molecule has 2 rings (SSSR count). The number of amides is 2. The Labute approximate surface area is 131 Å². The number of nitrogens with zero attached hydrogens (tertiary/aromatic N) is 2. The second kappa shape index (κ2) is 8.36. The largest absolute Gasteiger partial charge is 0.444 e. The summed E-state index contributed by atoms with van der Waals surface area (Å²) in [5.74, 6) is -0.490. The van der Waals surface area contributed by atoms with E-state index < -0.39 is 5.91 Å². The van der Waals surface area contributed by atoms with Gasteiger partial charge in [-0.1, -0.05) is 6.07 Å². The molecule has 0 saturated carbocycles. The monoisotopic (exact) mass is 307 g/mol. The van der Waals surface area contributed by atoms with E-state index in [0.29, 0.717) is 5.69 Å². The van der Waals surface area contributed by atoms with Crippen molar-refractivity contribution >= 4 is 12.0 Å². The topological polar surface area (TPSA) is 85.5 Å². The number of carbonyl (C=O) groups is 2. The van der Waals surface area contributed by atoms with Gasteiger partial charge in [-0.25, -0.2) is 4.79 Å². The number of hydrogen-bond donors (Lipinski definition) is 1. The van der Waals surface area contributed by atoms with Gasteiger partial charge in [0.15, 0.2) is 0 Å². The normalized spacial score (nSPS) is 14.6. The summed E-state index contributed by atoms with van der Waals surface area (Å²) in [6.07, 6.45) is 4.82. The van der Waals surface area contributed by atoms with Gasteiger partial charge in [0, 0.05) is 19.3 Å².